The Balaban J connectivity index is 2.02. The third-order valence-electron chi connectivity index (χ3n) is 3.54. The fraction of sp³-hybridized carbons (Fsp3) is 1.00. The zero-order chi connectivity index (χ0) is 9.97. The van der Waals surface area contributed by atoms with Crippen molar-refractivity contribution in [1.82, 2.24) is 4.31 Å². The quantitative estimate of drug-likeness (QED) is 0.677. The summed E-state index contributed by atoms with van der Waals surface area (Å²) >= 11 is -2.00. The first-order valence-electron chi connectivity index (χ1n) is 5.67. The maximum Gasteiger partial charge on any atom is 0.0218 e. The topological polar surface area (TPSA) is 43.4 Å². The summed E-state index contributed by atoms with van der Waals surface area (Å²) in [4.78, 5) is 0. The van der Waals surface area contributed by atoms with Gasteiger partial charge in [-0.15, -0.1) is 0 Å². The molecule has 2 fully saturated rings. The van der Waals surface area contributed by atoms with Crippen LogP contribution >= 0.6 is 0 Å². The SMILES string of the molecule is O=S([O-])N(C1CCCC1)C1CCCC1. The first kappa shape index (κ1) is 10.6. The zero-order valence-corrected chi connectivity index (χ0v) is 9.30. The number of rotatable bonds is 3. The van der Waals surface area contributed by atoms with Gasteiger partial charge in [-0.05, 0) is 25.7 Å². The van der Waals surface area contributed by atoms with Crippen LogP contribution in [0.4, 0.5) is 0 Å². The Morgan fingerprint density at radius 2 is 1.29 bits per heavy atom. The molecule has 2 aliphatic carbocycles. The van der Waals surface area contributed by atoms with Gasteiger partial charge < -0.3 is 4.55 Å². The molecule has 0 amide bonds. The minimum atomic E-state index is -2.00. The van der Waals surface area contributed by atoms with Gasteiger partial charge in [-0.3, -0.25) is 4.21 Å². The van der Waals surface area contributed by atoms with Gasteiger partial charge in [0, 0.05) is 23.4 Å². The Morgan fingerprint density at radius 1 is 0.929 bits per heavy atom. The standard InChI is InChI=1S/C10H19NO2S/c12-14(13)11(9-5-1-2-6-9)10-7-3-4-8-10/h9-10H,1-8H2,(H,12,13)/p-1. The van der Waals surface area contributed by atoms with Gasteiger partial charge in [0.1, 0.15) is 0 Å². The van der Waals surface area contributed by atoms with Gasteiger partial charge in [0.2, 0.25) is 0 Å². The van der Waals surface area contributed by atoms with Crippen molar-refractivity contribution in [3.63, 3.8) is 0 Å². The van der Waals surface area contributed by atoms with Crippen molar-refractivity contribution < 1.29 is 8.76 Å². The molecular formula is C10H18NO2S-. The molecule has 1 atom stereocenters. The largest absolute Gasteiger partial charge is 0.760 e. The second-order valence-electron chi connectivity index (χ2n) is 4.45. The Morgan fingerprint density at radius 3 is 1.57 bits per heavy atom. The van der Waals surface area contributed by atoms with Gasteiger partial charge in [0.25, 0.3) is 0 Å². The average molecular weight is 216 g/mol. The summed E-state index contributed by atoms with van der Waals surface area (Å²) in [5.74, 6) is 0. The molecule has 2 saturated carbocycles. The van der Waals surface area contributed by atoms with Crippen LogP contribution in [0.5, 0.6) is 0 Å². The van der Waals surface area contributed by atoms with E-state index in [2.05, 4.69) is 0 Å². The molecule has 1 unspecified atom stereocenters. The van der Waals surface area contributed by atoms with E-state index in [0.29, 0.717) is 12.1 Å². The maximum atomic E-state index is 11.2. The smallest absolute Gasteiger partial charge is 0.0218 e. The van der Waals surface area contributed by atoms with Gasteiger partial charge in [-0.1, -0.05) is 25.7 Å². The van der Waals surface area contributed by atoms with Crippen molar-refractivity contribution in [3.8, 4) is 0 Å². The molecule has 0 saturated heterocycles. The lowest BCUT2D eigenvalue weighted by Crippen LogP contribution is -2.41. The summed E-state index contributed by atoms with van der Waals surface area (Å²) in [6.45, 7) is 0. The monoisotopic (exact) mass is 216 g/mol. The predicted molar refractivity (Wildman–Crippen MR) is 55.3 cm³/mol. The lowest BCUT2D eigenvalue weighted by atomic mass is 10.2. The van der Waals surface area contributed by atoms with E-state index in [-0.39, 0.29) is 0 Å². The third kappa shape index (κ3) is 2.18. The Hall–Kier alpha value is 0.0700. The van der Waals surface area contributed by atoms with Crippen LogP contribution in [0.1, 0.15) is 51.4 Å². The van der Waals surface area contributed by atoms with Crippen LogP contribution in [-0.2, 0) is 11.3 Å². The van der Waals surface area contributed by atoms with Crippen LogP contribution < -0.4 is 0 Å². The van der Waals surface area contributed by atoms with E-state index in [4.69, 9.17) is 0 Å². The van der Waals surface area contributed by atoms with Crippen LogP contribution in [0.25, 0.3) is 0 Å². The Labute approximate surface area is 88.3 Å². The molecule has 0 aromatic rings. The summed E-state index contributed by atoms with van der Waals surface area (Å²) in [6.07, 6.45) is 9.09. The first-order chi connectivity index (χ1) is 6.79. The van der Waals surface area contributed by atoms with E-state index in [1.54, 1.807) is 4.31 Å². The summed E-state index contributed by atoms with van der Waals surface area (Å²) < 4.78 is 24.2. The second-order valence-corrected chi connectivity index (χ2v) is 5.31. The van der Waals surface area contributed by atoms with Gasteiger partial charge in [-0.2, -0.15) is 0 Å². The minimum absolute atomic E-state index is 0.316. The first-order valence-corrected chi connectivity index (χ1v) is 6.70. The molecule has 14 heavy (non-hydrogen) atoms. The molecule has 2 aliphatic rings. The summed E-state index contributed by atoms with van der Waals surface area (Å²) in [7, 11) is 0. The number of nitrogens with zero attached hydrogens (tertiary/aromatic N) is 1. The second kappa shape index (κ2) is 4.73. The van der Waals surface area contributed by atoms with Gasteiger partial charge in [-0.25, -0.2) is 4.31 Å². The van der Waals surface area contributed by atoms with E-state index in [0.717, 1.165) is 25.7 Å². The highest BCUT2D eigenvalue weighted by Gasteiger charge is 2.31. The summed E-state index contributed by atoms with van der Waals surface area (Å²) in [6, 6.07) is 0.632. The predicted octanol–water partition coefficient (Wildman–Crippen LogP) is 1.97. The van der Waals surface area contributed by atoms with Crippen LogP contribution in [-0.4, -0.2) is 25.2 Å². The molecule has 0 aromatic carbocycles. The fourth-order valence-corrected chi connectivity index (χ4v) is 3.77. The molecular weight excluding hydrogens is 198 g/mol. The van der Waals surface area contributed by atoms with Crippen LogP contribution in [0.15, 0.2) is 0 Å². The van der Waals surface area contributed by atoms with E-state index in [1.165, 1.54) is 25.7 Å². The van der Waals surface area contributed by atoms with Crippen molar-refractivity contribution >= 4 is 11.3 Å². The van der Waals surface area contributed by atoms with Crippen molar-refractivity contribution in [2.45, 2.75) is 63.5 Å². The fourth-order valence-electron chi connectivity index (χ4n) is 2.86. The Bertz CT molecular complexity index is 194. The molecule has 0 spiro atoms. The highest BCUT2D eigenvalue weighted by molar-refractivity contribution is 7.76. The molecule has 0 N–H and O–H groups in total. The highest BCUT2D eigenvalue weighted by Crippen LogP contribution is 2.32. The minimum Gasteiger partial charge on any atom is -0.760 e. The van der Waals surface area contributed by atoms with E-state index < -0.39 is 11.3 Å². The molecule has 82 valence electrons. The molecule has 4 heteroatoms. The molecule has 0 aliphatic heterocycles. The van der Waals surface area contributed by atoms with E-state index >= 15 is 0 Å². The molecule has 0 heterocycles. The summed E-state index contributed by atoms with van der Waals surface area (Å²) in [5, 5.41) is 0. The van der Waals surface area contributed by atoms with Crippen LogP contribution in [0, 0.1) is 0 Å². The third-order valence-corrected chi connectivity index (χ3v) is 4.48. The normalized spacial score (nSPS) is 27.6. The summed E-state index contributed by atoms with van der Waals surface area (Å²) in [5.41, 5.74) is 0. The molecule has 0 radical (unpaired) electrons. The average Bonchev–Trinajstić information content (AvgIpc) is 2.75. The van der Waals surface area contributed by atoms with Gasteiger partial charge in [0.05, 0.1) is 0 Å². The van der Waals surface area contributed by atoms with Crippen molar-refractivity contribution in [1.29, 1.82) is 0 Å². The highest BCUT2D eigenvalue weighted by atomic mass is 32.2. The maximum absolute atomic E-state index is 11.2. The van der Waals surface area contributed by atoms with E-state index in [1.807, 2.05) is 0 Å². The van der Waals surface area contributed by atoms with Gasteiger partial charge in [0.15, 0.2) is 0 Å². The van der Waals surface area contributed by atoms with E-state index in [9.17, 15) is 8.76 Å². The van der Waals surface area contributed by atoms with Crippen LogP contribution in [0.3, 0.4) is 0 Å². The lowest BCUT2D eigenvalue weighted by Gasteiger charge is -2.35. The Kier molecular flexibility index (Phi) is 3.57. The van der Waals surface area contributed by atoms with Crippen LogP contribution in [0.2, 0.25) is 0 Å². The number of hydrogen-bond acceptors (Lipinski definition) is 2. The van der Waals surface area contributed by atoms with Crippen molar-refractivity contribution in [3.05, 3.63) is 0 Å². The van der Waals surface area contributed by atoms with Crippen molar-refractivity contribution in [2.75, 3.05) is 0 Å². The van der Waals surface area contributed by atoms with Crippen molar-refractivity contribution in [2.24, 2.45) is 0 Å². The zero-order valence-electron chi connectivity index (χ0n) is 8.48. The molecule has 0 bridgehead atoms. The molecule has 0 aromatic heterocycles. The lowest BCUT2D eigenvalue weighted by molar-refractivity contribution is 0.244. The van der Waals surface area contributed by atoms with Gasteiger partial charge >= 0.3 is 0 Å². The number of hydrogen-bond donors (Lipinski definition) is 0. The molecule has 3 nitrogen and oxygen atoms in total. The molecule has 2 rings (SSSR count).